The standard InChI is InChI=1S/C14H24N2O2/c1-2-13-10(6-8-18-13)9-16-7-5-12(14(16)17)15-11-3-4-11/h10-13,15H,2-9H2,1H3. The van der Waals surface area contributed by atoms with Crippen molar-refractivity contribution in [3.8, 4) is 0 Å². The molecule has 4 heteroatoms. The molecule has 1 amide bonds. The van der Waals surface area contributed by atoms with Crippen LogP contribution in [0.25, 0.3) is 0 Å². The number of likely N-dealkylation sites (tertiary alicyclic amines) is 1. The van der Waals surface area contributed by atoms with Crippen LogP contribution in [-0.4, -0.2) is 48.7 Å². The fourth-order valence-electron chi connectivity index (χ4n) is 3.25. The fraction of sp³-hybridized carbons (Fsp3) is 0.929. The van der Waals surface area contributed by atoms with E-state index in [1.807, 2.05) is 0 Å². The number of hydrogen-bond acceptors (Lipinski definition) is 3. The van der Waals surface area contributed by atoms with Crippen molar-refractivity contribution in [2.24, 2.45) is 5.92 Å². The smallest absolute Gasteiger partial charge is 0.239 e. The fourth-order valence-corrected chi connectivity index (χ4v) is 3.25. The number of rotatable bonds is 5. The quantitative estimate of drug-likeness (QED) is 0.798. The summed E-state index contributed by atoms with van der Waals surface area (Å²) in [6.45, 7) is 4.87. The maximum atomic E-state index is 12.3. The third kappa shape index (κ3) is 2.54. The number of nitrogens with one attached hydrogen (secondary N) is 1. The highest BCUT2D eigenvalue weighted by atomic mass is 16.5. The number of hydrogen-bond donors (Lipinski definition) is 1. The van der Waals surface area contributed by atoms with Crippen molar-refractivity contribution in [3.63, 3.8) is 0 Å². The first-order valence-corrected chi connectivity index (χ1v) is 7.44. The lowest BCUT2D eigenvalue weighted by molar-refractivity contribution is -0.130. The Morgan fingerprint density at radius 1 is 1.33 bits per heavy atom. The Labute approximate surface area is 109 Å². The van der Waals surface area contributed by atoms with Crippen LogP contribution >= 0.6 is 0 Å². The molecule has 102 valence electrons. The highest BCUT2D eigenvalue weighted by Crippen LogP contribution is 2.27. The minimum Gasteiger partial charge on any atom is -0.378 e. The van der Waals surface area contributed by atoms with Gasteiger partial charge in [0.25, 0.3) is 0 Å². The molecule has 3 atom stereocenters. The Kier molecular flexibility index (Phi) is 3.57. The van der Waals surface area contributed by atoms with Crippen LogP contribution in [-0.2, 0) is 9.53 Å². The first kappa shape index (κ1) is 12.4. The number of nitrogens with zero attached hydrogens (tertiary/aromatic N) is 1. The van der Waals surface area contributed by atoms with Crippen molar-refractivity contribution in [1.82, 2.24) is 10.2 Å². The van der Waals surface area contributed by atoms with E-state index in [4.69, 9.17) is 4.74 Å². The summed E-state index contributed by atoms with van der Waals surface area (Å²) in [4.78, 5) is 14.3. The van der Waals surface area contributed by atoms with Gasteiger partial charge >= 0.3 is 0 Å². The molecule has 0 aromatic carbocycles. The van der Waals surface area contributed by atoms with Crippen LogP contribution in [0.5, 0.6) is 0 Å². The molecule has 3 rings (SSSR count). The van der Waals surface area contributed by atoms with Crippen molar-refractivity contribution in [1.29, 1.82) is 0 Å². The van der Waals surface area contributed by atoms with Crippen molar-refractivity contribution in [3.05, 3.63) is 0 Å². The molecule has 2 aliphatic heterocycles. The van der Waals surface area contributed by atoms with Gasteiger partial charge in [-0.2, -0.15) is 0 Å². The lowest BCUT2D eigenvalue weighted by Gasteiger charge is -2.24. The molecule has 18 heavy (non-hydrogen) atoms. The van der Waals surface area contributed by atoms with E-state index in [1.54, 1.807) is 0 Å². The third-order valence-electron chi connectivity index (χ3n) is 4.52. The topological polar surface area (TPSA) is 41.6 Å². The Balaban J connectivity index is 1.52. The number of ether oxygens (including phenoxy) is 1. The van der Waals surface area contributed by atoms with E-state index < -0.39 is 0 Å². The van der Waals surface area contributed by atoms with Crippen LogP contribution in [0.3, 0.4) is 0 Å². The summed E-state index contributed by atoms with van der Waals surface area (Å²) in [6.07, 6.45) is 6.03. The van der Waals surface area contributed by atoms with E-state index >= 15 is 0 Å². The molecule has 0 spiro atoms. The Bertz CT molecular complexity index is 317. The predicted molar refractivity (Wildman–Crippen MR) is 69.3 cm³/mol. The monoisotopic (exact) mass is 252 g/mol. The van der Waals surface area contributed by atoms with Gasteiger partial charge in [-0.05, 0) is 32.1 Å². The molecule has 2 heterocycles. The van der Waals surface area contributed by atoms with Gasteiger partial charge in [-0.3, -0.25) is 4.79 Å². The van der Waals surface area contributed by atoms with Crippen LogP contribution in [0.4, 0.5) is 0 Å². The van der Waals surface area contributed by atoms with Gasteiger partial charge in [-0.15, -0.1) is 0 Å². The summed E-state index contributed by atoms with van der Waals surface area (Å²) >= 11 is 0. The third-order valence-corrected chi connectivity index (χ3v) is 4.52. The molecule has 1 aliphatic carbocycles. The molecule has 0 aromatic rings. The lowest BCUT2D eigenvalue weighted by Crippen LogP contribution is -2.41. The second kappa shape index (κ2) is 5.17. The normalized spacial score (nSPS) is 36.6. The maximum Gasteiger partial charge on any atom is 0.239 e. The zero-order chi connectivity index (χ0) is 12.5. The molecule has 2 saturated heterocycles. The first-order valence-electron chi connectivity index (χ1n) is 7.44. The largest absolute Gasteiger partial charge is 0.378 e. The van der Waals surface area contributed by atoms with Gasteiger partial charge in [0.2, 0.25) is 5.91 Å². The molecular weight excluding hydrogens is 228 g/mol. The molecule has 3 aliphatic rings. The molecular formula is C14H24N2O2. The molecule has 1 saturated carbocycles. The van der Waals surface area contributed by atoms with E-state index in [2.05, 4.69) is 17.1 Å². The van der Waals surface area contributed by atoms with E-state index in [0.717, 1.165) is 39.0 Å². The Morgan fingerprint density at radius 2 is 2.17 bits per heavy atom. The SMILES string of the molecule is CCC1OCCC1CN1CCC(NC2CC2)C1=O. The van der Waals surface area contributed by atoms with Gasteiger partial charge in [0, 0.05) is 31.7 Å². The van der Waals surface area contributed by atoms with Crippen molar-refractivity contribution >= 4 is 5.91 Å². The van der Waals surface area contributed by atoms with Gasteiger partial charge in [0.05, 0.1) is 12.1 Å². The van der Waals surface area contributed by atoms with Crippen LogP contribution in [0.2, 0.25) is 0 Å². The second-order valence-electron chi connectivity index (χ2n) is 5.93. The number of carbonyl (C=O) groups excluding carboxylic acids is 1. The van der Waals surface area contributed by atoms with Crippen molar-refractivity contribution < 1.29 is 9.53 Å². The summed E-state index contributed by atoms with van der Waals surface area (Å²) in [6, 6.07) is 0.719. The molecule has 3 unspecified atom stereocenters. The van der Waals surface area contributed by atoms with Crippen LogP contribution in [0, 0.1) is 5.92 Å². The van der Waals surface area contributed by atoms with E-state index in [-0.39, 0.29) is 6.04 Å². The van der Waals surface area contributed by atoms with Crippen LogP contribution < -0.4 is 5.32 Å². The van der Waals surface area contributed by atoms with E-state index in [0.29, 0.717) is 24.0 Å². The lowest BCUT2D eigenvalue weighted by atomic mass is 9.99. The molecule has 0 radical (unpaired) electrons. The van der Waals surface area contributed by atoms with Crippen molar-refractivity contribution in [2.75, 3.05) is 19.7 Å². The van der Waals surface area contributed by atoms with Gasteiger partial charge in [0.15, 0.2) is 0 Å². The number of amides is 1. The molecule has 4 nitrogen and oxygen atoms in total. The van der Waals surface area contributed by atoms with Gasteiger partial charge in [0.1, 0.15) is 0 Å². The molecule has 0 bridgehead atoms. The van der Waals surface area contributed by atoms with Gasteiger partial charge in [-0.1, -0.05) is 6.92 Å². The van der Waals surface area contributed by atoms with Crippen LogP contribution in [0.1, 0.15) is 39.0 Å². The minimum absolute atomic E-state index is 0.0971. The van der Waals surface area contributed by atoms with Crippen LogP contribution in [0.15, 0.2) is 0 Å². The number of carbonyl (C=O) groups is 1. The zero-order valence-electron chi connectivity index (χ0n) is 11.2. The van der Waals surface area contributed by atoms with Gasteiger partial charge < -0.3 is 15.0 Å². The highest BCUT2D eigenvalue weighted by molar-refractivity contribution is 5.84. The summed E-state index contributed by atoms with van der Waals surface area (Å²) < 4.78 is 5.71. The summed E-state index contributed by atoms with van der Waals surface area (Å²) in [7, 11) is 0. The maximum absolute atomic E-state index is 12.3. The summed E-state index contributed by atoms with van der Waals surface area (Å²) in [5.74, 6) is 0.877. The average molecular weight is 252 g/mol. The Morgan fingerprint density at radius 3 is 2.89 bits per heavy atom. The highest BCUT2D eigenvalue weighted by Gasteiger charge is 2.38. The second-order valence-corrected chi connectivity index (χ2v) is 5.93. The Hall–Kier alpha value is -0.610. The average Bonchev–Trinajstić information content (AvgIpc) is 2.98. The van der Waals surface area contributed by atoms with E-state index in [9.17, 15) is 4.79 Å². The van der Waals surface area contributed by atoms with Gasteiger partial charge in [-0.25, -0.2) is 0 Å². The first-order chi connectivity index (χ1) is 8.78. The predicted octanol–water partition coefficient (Wildman–Crippen LogP) is 1.15. The summed E-state index contributed by atoms with van der Waals surface area (Å²) in [5, 5.41) is 3.46. The molecule has 3 fully saturated rings. The minimum atomic E-state index is 0.0971. The zero-order valence-corrected chi connectivity index (χ0v) is 11.2. The molecule has 1 N–H and O–H groups in total. The van der Waals surface area contributed by atoms with E-state index in [1.165, 1.54) is 12.8 Å². The molecule has 0 aromatic heterocycles. The summed E-state index contributed by atoms with van der Waals surface area (Å²) in [5.41, 5.74) is 0. The van der Waals surface area contributed by atoms with Crippen molar-refractivity contribution in [2.45, 2.75) is 57.2 Å².